The number of nitrogens with zero attached hydrogens (tertiary/aromatic N) is 2. The Bertz CT molecular complexity index is 526. The molecule has 2 rings (SSSR count). The van der Waals surface area contributed by atoms with Gasteiger partial charge in [-0.25, -0.2) is 18.1 Å². The molecule has 120 valence electrons. The minimum absolute atomic E-state index is 0.0944. The fourth-order valence-electron chi connectivity index (χ4n) is 2.67. The van der Waals surface area contributed by atoms with Crippen molar-refractivity contribution >= 4 is 10.0 Å². The average molecular weight is 314 g/mol. The second-order valence-electron chi connectivity index (χ2n) is 5.78. The van der Waals surface area contributed by atoms with E-state index in [9.17, 15) is 8.42 Å². The van der Waals surface area contributed by atoms with Gasteiger partial charge in [0.25, 0.3) is 10.0 Å². The van der Waals surface area contributed by atoms with Crippen LogP contribution in [0, 0.1) is 6.92 Å². The lowest BCUT2D eigenvalue weighted by Gasteiger charge is -2.16. The van der Waals surface area contributed by atoms with Crippen molar-refractivity contribution in [2.75, 3.05) is 13.1 Å². The number of aromatic nitrogens is 2. The molecule has 1 fully saturated rings. The minimum Gasteiger partial charge on any atom is -0.337 e. The molecule has 1 aliphatic rings. The number of hydrogen-bond acceptors (Lipinski definition) is 4. The summed E-state index contributed by atoms with van der Waals surface area (Å²) in [6.07, 6.45) is 9.13. The van der Waals surface area contributed by atoms with Gasteiger partial charge in [0.2, 0.25) is 0 Å². The molecule has 1 heterocycles. The van der Waals surface area contributed by atoms with Crippen LogP contribution in [0.3, 0.4) is 0 Å². The lowest BCUT2D eigenvalue weighted by molar-refractivity contribution is 0.461. The highest BCUT2D eigenvalue weighted by molar-refractivity contribution is 7.89. The quantitative estimate of drug-likeness (QED) is 0.613. The number of aryl methyl sites for hydroxylation is 2. The molecule has 21 heavy (non-hydrogen) atoms. The van der Waals surface area contributed by atoms with E-state index < -0.39 is 10.0 Å². The van der Waals surface area contributed by atoms with Crippen LogP contribution in [0.25, 0.3) is 0 Å². The van der Waals surface area contributed by atoms with E-state index in [1.807, 2.05) is 0 Å². The average Bonchev–Trinajstić information content (AvgIpc) is 2.67. The van der Waals surface area contributed by atoms with E-state index in [2.05, 4.69) is 15.0 Å². The highest BCUT2D eigenvalue weighted by Gasteiger charge is 2.18. The Morgan fingerprint density at radius 3 is 2.48 bits per heavy atom. The van der Waals surface area contributed by atoms with Gasteiger partial charge in [0.15, 0.2) is 5.03 Å². The summed E-state index contributed by atoms with van der Waals surface area (Å²) in [6.45, 7) is 2.84. The first-order valence-electron chi connectivity index (χ1n) is 7.72. The maximum absolute atomic E-state index is 12.1. The largest absolute Gasteiger partial charge is 0.337 e. The normalized spacial score (nSPS) is 17.8. The molecule has 0 amide bonds. The first-order valence-corrected chi connectivity index (χ1v) is 9.20. The molecule has 1 saturated carbocycles. The van der Waals surface area contributed by atoms with Crippen molar-refractivity contribution in [3.05, 3.63) is 12.0 Å². The van der Waals surface area contributed by atoms with Gasteiger partial charge in [-0.05, 0) is 19.8 Å². The van der Waals surface area contributed by atoms with Crippen molar-refractivity contribution in [1.29, 1.82) is 0 Å². The molecule has 0 radical (unpaired) electrons. The van der Waals surface area contributed by atoms with Gasteiger partial charge in [0.05, 0.1) is 0 Å². The smallest absolute Gasteiger partial charge is 0.259 e. The zero-order valence-electron chi connectivity index (χ0n) is 12.9. The molecule has 0 unspecified atom stereocenters. The number of sulfonamides is 1. The van der Waals surface area contributed by atoms with Gasteiger partial charge in [-0.1, -0.05) is 25.7 Å². The molecule has 2 N–H and O–H groups in total. The molecular weight excluding hydrogens is 288 g/mol. The Labute approximate surface area is 127 Å². The van der Waals surface area contributed by atoms with Crippen molar-refractivity contribution < 1.29 is 8.42 Å². The highest BCUT2D eigenvalue weighted by atomic mass is 32.2. The summed E-state index contributed by atoms with van der Waals surface area (Å²) in [6, 6.07) is 0.536. The SMILES string of the molecule is Cc1nc(S(=O)(=O)NCCNC2CCCCCC2)cn1C. The Morgan fingerprint density at radius 1 is 1.24 bits per heavy atom. The van der Waals surface area contributed by atoms with E-state index in [4.69, 9.17) is 0 Å². The van der Waals surface area contributed by atoms with Crippen molar-refractivity contribution in [3.63, 3.8) is 0 Å². The van der Waals surface area contributed by atoms with Crippen LogP contribution in [0.15, 0.2) is 11.2 Å². The first kappa shape index (κ1) is 16.5. The van der Waals surface area contributed by atoms with Crippen LogP contribution < -0.4 is 10.0 Å². The molecule has 6 nitrogen and oxygen atoms in total. The summed E-state index contributed by atoms with van der Waals surface area (Å²) in [5.41, 5.74) is 0. The van der Waals surface area contributed by atoms with Gasteiger partial charge in [-0.15, -0.1) is 0 Å². The van der Waals surface area contributed by atoms with Crippen LogP contribution in [0.4, 0.5) is 0 Å². The van der Waals surface area contributed by atoms with Gasteiger partial charge in [-0.2, -0.15) is 0 Å². The van der Waals surface area contributed by atoms with Crippen LogP contribution >= 0.6 is 0 Å². The third-order valence-corrected chi connectivity index (χ3v) is 5.40. The second kappa shape index (κ2) is 7.38. The van der Waals surface area contributed by atoms with E-state index >= 15 is 0 Å². The fourth-order valence-corrected chi connectivity index (χ4v) is 3.74. The Kier molecular flexibility index (Phi) is 5.78. The minimum atomic E-state index is -3.49. The van der Waals surface area contributed by atoms with Crippen LogP contribution in [-0.2, 0) is 17.1 Å². The summed E-state index contributed by atoms with van der Waals surface area (Å²) >= 11 is 0. The van der Waals surface area contributed by atoms with Crippen molar-refractivity contribution in [2.45, 2.75) is 56.5 Å². The molecule has 0 aromatic carbocycles. The third-order valence-electron chi connectivity index (χ3n) is 4.07. The summed E-state index contributed by atoms with van der Waals surface area (Å²) in [4.78, 5) is 4.05. The van der Waals surface area contributed by atoms with Gasteiger partial charge in [-0.3, -0.25) is 0 Å². The first-order chi connectivity index (χ1) is 9.99. The molecule has 0 spiro atoms. The maximum Gasteiger partial charge on any atom is 0.259 e. The molecule has 0 bridgehead atoms. The maximum atomic E-state index is 12.1. The van der Waals surface area contributed by atoms with E-state index in [0.717, 1.165) is 0 Å². The second-order valence-corrected chi connectivity index (χ2v) is 7.49. The molecule has 1 aromatic rings. The van der Waals surface area contributed by atoms with Crippen LogP contribution in [0.5, 0.6) is 0 Å². The van der Waals surface area contributed by atoms with Crippen molar-refractivity contribution in [3.8, 4) is 0 Å². The highest BCUT2D eigenvalue weighted by Crippen LogP contribution is 2.16. The lowest BCUT2D eigenvalue weighted by Crippen LogP contribution is -2.37. The van der Waals surface area contributed by atoms with E-state index in [0.29, 0.717) is 25.0 Å². The van der Waals surface area contributed by atoms with Gasteiger partial charge in [0, 0.05) is 32.4 Å². The van der Waals surface area contributed by atoms with Crippen molar-refractivity contribution in [2.24, 2.45) is 7.05 Å². The molecule has 1 aromatic heterocycles. The third kappa shape index (κ3) is 4.79. The molecule has 0 atom stereocenters. The van der Waals surface area contributed by atoms with E-state index in [1.54, 1.807) is 18.5 Å². The summed E-state index contributed by atoms with van der Waals surface area (Å²) < 4.78 is 28.5. The van der Waals surface area contributed by atoms with Crippen LogP contribution in [-0.4, -0.2) is 37.1 Å². The summed E-state index contributed by atoms with van der Waals surface area (Å²) in [7, 11) is -1.71. The van der Waals surface area contributed by atoms with E-state index in [1.165, 1.54) is 44.7 Å². The number of hydrogen-bond donors (Lipinski definition) is 2. The number of nitrogens with one attached hydrogen (secondary N) is 2. The van der Waals surface area contributed by atoms with Crippen LogP contribution in [0.2, 0.25) is 0 Å². The Balaban J connectivity index is 1.77. The van der Waals surface area contributed by atoms with Gasteiger partial charge >= 0.3 is 0 Å². The lowest BCUT2D eigenvalue weighted by atomic mass is 10.1. The molecule has 1 aliphatic carbocycles. The Hall–Kier alpha value is -0.920. The fraction of sp³-hybridized carbons (Fsp3) is 0.786. The topological polar surface area (TPSA) is 76.0 Å². The standard InChI is InChI=1S/C14H26N4O2S/c1-12-17-14(11-18(12)2)21(19,20)16-10-9-15-13-7-5-3-4-6-8-13/h11,13,15-16H,3-10H2,1-2H3. The summed E-state index contributed by atoms with van der Waals surface area (Å²) in [5.74, 6) is 0.687. The zero-order chi connectivity index (χ0) is 15.3. The monoisotopic (exact) mass is 314 g/mol. The van der Waals surface area contributed by atoms with E-state index in [-0.39, 0.29) is 5.03 Å². The van der Waals surface area contributed by atoms with Gasteiger partial charge < -0.3 is 9.88 Å². The van der Waals surface area contributed by atoms with Crippen LogP contribution in [0.1, 0.15) is 44.3 Å². The molecular formula is C14H26N4O2S. The predicted molar refractivity (Wildman–Crippen MR) is 82.6 cm³/mol. The number of rotatable bonds is 6. The predicted octanol–water partition coefficient (Wildman–Crippen LogP) is 1.32. The van der Waals surface area contributed by atoms with Crippen molar-refractivity contribution in [1.82, 2.24) is 19.6 Å². The molecule has 0 saturated heterocycles. The molecule has 0 aliphatic heterocycles. The van der Waals surface area contributed by atoms with Gasteiger partial charge in [0.1, 0.15) is 5.82 Å². The molecule has 7 heteroatoms. The zero-order valence-corrected chi connectivity index (χ0v) is 13.7. The Morgan fingerprint density at radius 2 is 1.90 bits per heavy atom. The summed E-state index contributed by atoms with van der Waals surface area (Å²) in [5, 5.41) is 3.54. The number of imidazole rings is 1.